The summed E-state index contributed by atoms with van der Waals surface area (Å²) in [6.07, 6.45) is 7.82. The van der Waals surface area contributed by atoms with Gasteiger partial charge >= 0.3 is 0 Å². The minimum Gasteiger partial charge on any atom is -0.492 e. The molecule has 0 radical (unpaired) electrons. The second kappa shape index (κ2) is 10.0. The van der Waals surface area contributed by atoms with Crippen molar-refractivity contribution < 1.29 is 9.53 Å². The number of hydrogen-bond donors (Lipinski definition) is 0. The Kier molecular flexibility index (Phi) is 7.16. The SMILES string of the molecule is O=C(CCCOc1cccc(Cl)c1Cl)N1CCCC(c2nnc3n2CCCCC3)C1. The number of fused-ring (bicyclic) bond motifs is 1. The number of ether oxygens (including phenoxy) is 1. The van der Waals surface area contributed by atoms with Gasteiger partial charge in [-0.1, -0.05) is 35.7 Å². The fourth-order valence-corrected chi connectivity index (χ4v) is 4.73. The molecule has 0 saturated carbocycles. The third-order valence-electron chi connectivity index (χ3n) is 5.99. The van der Waals surface area contributed by atoms with Crippen molar-refractivity contribution in [2.24, 2.45) is 0 Å². The fraction of sp³-hybridized carbons (Fsp3) is 0.591. The molecule has 4 rings (SSSR count). The molecule has 3 heterocycles. The molecular weight excluding hydrogens is 423 g/mol. The van der Waals surface area contributed by atoms with Crippen LogP contribution in [-0.4, -0.2) is 45.3 Å². The van der Waals surface area contributed by atoms with E-state index in [1.807, 2.05) is 4.90 Å². The lowest BCUT2D eigenvalue weighted by Gasteiger charge is -2.32. The molecule has 1 amide bonds. The van der Waals surface area contributed by atoms with Crippen LogP contribution in [0.1, 0.15) is 62.5 Å². The lowest BCUT2D eigenvalue weighted by atomic mass is 9.96. The quantitative estimate of drug-likeness (QED) is 0.588. The second-order valence-electron chi connectivity index (χ2n) is 8.12. The summed E-state index contributed by atoms with van der Waals surface area (Å²) < 4.78 is 8.01. The zero-order valence-electron chi connectivity index (χ0n) is 17.2. The first-order valence-electron chi connectivity index (χ1n) is 10.9. The van der Waals surface area contributed by atoms with Gasteiger partial charge in [-0.25, -0.2) is 0 Å². The smallest absolute Gasteiger partial charge is 0.222 e. The van der Waals surface area contributed by atoms with Crippen LogP contribution in [0.25, 0.3) is 0 Å². The molecule has 30 heavy (non-hydrogen) atoms. The van der Waals surface area contributed by atoms with Gasteiger partial charge in [0.25, 0.3) is 0 Å². The van der Waals surface area contributed by atoms with Gasteiger partial charge in [0.15, 0.2) is 0 Å². The van der Waals surface area contributed by atoms with E-state index in [1.165, 1.54) is 19.3 Å². The van der Waals surface area contributed by atoms with E-state index in [1.54, 1.807) is 18.2 Å². The third kappa shape index (κ3) is 4.92. The van der Waals surface area contributed by atoms with E-state index in [0.29, 0.717) is 35.2 Å². The summed E-state index contributed by atoms with van der Waals surface area (Å²) in [7, 11) is 0. The number of benzene rings is 1. The Labute approximate surface area is 187 Å². The van der Waals surface area contributed by atoms with Crippen molar-refractivity contribution in [1.82, 2.24) is 19.7 Å². The number of amides is 1. The molecule has 0 aliphatic carbocycles. The summed E-state index contributed by atoms with van der Waals surface area (Å²) in [6.45, 7) is 2.99. The molecule has 0 spiro atoms. The average molecular weight is 451 g/mol. The Morgan fingerprint density at radius 2 is 2.03 bits per heavy atom. The third-order valence-corrected chi connectivity index (χ3v) is 6.79. The number of nitrogens with zero attached hydrogens (tertiary/aromatic N) is 4. The highest BCUT2D eigenvalue weighted by molar-refractivity contribution is 6.42. The first-order chi connectivity index (χ1) is 14.6. The van der Waals surface area contributed by atoms with Crippen LogP contribution in [-0.2, 0) is 17.8 Å². The summed E-state index contributed by atoms with van der Waals surface area (Å²) in [5.74, 6) is 3.20. The molecule has 1 saturated heterocycles. The Hall–Kier alpha value is -1.79. The average Bonchev–Trinajstić information content (AvgIpc) is 3.02. The number of rotatable bonds is 6. The largest absolute Gasteiger partial charge is 0.492 e. The van der Waals surface area contributed by atoms with Gasteiger partial charge in [-0.15, -0.1) is 10.2 Å². The van der Waals surface area contributed by atoms with Crippen molar-refractivity contribution in [2.75, 3.05) is 19.7 Å². The molecule has 2 aromatic rings. The number of halogens is 2. The summed E-state index contributed by atoms with van der Waals surface area (Å²) >= 11 is 12.1. The highest BCUT2D eigenvalue weighted by Crippen LogP contribution is 2.32. The lowest BCUT2D eigenvalue weighted by Crippen LogP contribution is -2.39. The van der Waals surface area contributed by atoms with Crippen molar-refractivity contribution in [1.29, 1.82) is 0 Å². The molecular formula is C22H28Cl2N4O2. The first-order valence-corrected chi connectivity index (χ1v) is 11.7. The predicted octanol–water partition coefficient (Wildman–Crippen LogP) is 4.88. The highest BCUT2D eigenvalue weighted by Gasteiger charge is 2.29. The first kappa shape index (κ1) is 21.4. The maximum Gasteiger partial charge on any atom is 0.222 e. The Bertz CT molecular complexity index is 886. The molecule has 1 fully saturated rings. The van der Waals surface area contributed by atoms with Crippen LogP contribution in [0.2, 0.25) is 10.0 Å². The zero-order chi connectivity index (χ0) is 20.9. The predicted molar refractivity (Wildman–Crippen MR) is 117 cm³/mol. The number of carbonyl (C=O) groups excluding carboxylic acids is 1. The van der Waals surface area contributed by atoms with E-state index in [4.69, 9.17) is 27.9 Å². The maximum absolute atomic E-state index is 12.8. The van der Waals surface area contributed by atoms with Crippen LogP contribution in [0, 0.1) is 0 Å². The summed E-state index contributed by atoms with van der Waals surface area (Å²) in [5, 5.41) is 9.83. The van der Waals surface area contributed by atoms with E-state index in [0.717, 1.165) is 50.5 Å². The Morgan fingerprint density at radius 1 is 1.13 bits per heavy atom. The Morgan fingerprint density at radius 3 is 2.93 bits per heavy atom. The van der Waals surface area contributed by atoms with E-state index in [9.17, 15) is 4.79 Å². The number of aryl methyl sites for hydroxylation is 1. The van der Waals surface area contributed by atoms with E-state index < -0.39 is 0 Å². The van der Waals surface area contributed by atoms with Gasteiger partial charge in [0.05, 0.1) is 11.6 Å². The van der Waals surface area contributed by atoms with Crippen LogP contribution in [0.4, 0.5) is 0 Å². The van der Waals surface area contributed by atoms with Crippen LogP contribution >= 0.6 is 23.2 Å². The molecule has 1 unspecified atom stereocenters. The van der Waals surface area contributed by atoms with E-state index in [2.05, 4.69) is 14.8 Å². The van der Waals surface area contributed by atoms with Crippen LogP contribution in [0.15, 0.2) is 18.2 Å². The van der Waals surface area contributed by atoms with Crippen LogP contribution in [0.3, 0.4) is 0 Å². The number of likely N-dealkylation sites (tertiary alicyclic amines) is 1. The molecule has 162 valence electrons. The molecule has 1 atom stereocenters. The summed E-state index contributed by atoms with van der Waals surface area (Å²) in [4.78, 5) is 14.8. The summed E-state index contributed by atoms with van der Waals surface area (Å²) in [6, 6.07) is 5.31. The molecule has 2 aliphatic heterocycles. The topological polar surface area (TPSA) is 60.2 Å². The number of aromatic nitrogens is 3. The highest BCUT2D eigenvalue weighted by atomic mass is 35.5. The van der Waals surface area contributed by atoms with Crippen LogP contribution < -0.4 is 4.74 Å². The molecule has 2 aliphatic rings. The van der Waals surface area contributed by atoms with Gasteiger partial charge in [-0.3, -0.25) is 4.79 Å². The van der Waals surface area contributed by atoms with Crippen molar-refractivity contribution >= 4 is 29.1 Å². The van der Waals surface area contributed by atoms with Crippen molar-refractivity contribution in [2.45, 2.75) is 63.8 Å². The minimum absolute atomic E-state index is 0.177. The van der Waals surface area contributed by atoms with E-state index >= 15 is 0 Å². The molecule has 1 aromatic carbocycles. The normalized spacial score (nSPS) is 19.3. The second-order valence-corrected chi connectivity index (χ2v) is 8.90. The molecule has 1 aromatic heterocycles. The molecule has 0 N–H and O–H groups in total. The Balaban J connectivity index is 1.29. The lowest BCUT2D eigenvalue weighted by molar-refractivity contribution is -0.132. The van der Waals surface area contributed by atoms with Crippen LogP contribution in [0.5, 0.6) is 5.75 Å². The van der Waals surface area contributed by atoms with Gasteiger partial charge in [-0.2, -0.15) is 0 Å². The number of piperidine rings is 1. The summed E-state index contributed by atoms with van der Waals surface area (Å²) in [5.41, 5.74) is 0. The standard InChI is InChI=1S/C22H28Cl2N4O2/c23-17-8-4-9-18(21(17)24)30-14-6-11-20(29)27-12-5-7-16(15-27)22-26-25-19-10-2-1-3-13-28(19)22/h4,8-9,16H,1-3,5-7,10-15H2. The maximum atomic E-state index is 12.8. The van der Waals surface area contributed by atoms with E-state index in [-0.39, 0.29) is 11.8 Å². The molecule has 6 nitrogen and oxygen atoms in total. The van der Waals surface area contributed by atoms with Gasteiger partial charge in [0.2, 0.25) is 5.91 Å². The van der Waals surface area contributed by atoms with Gasteiger partial charge < -0.3 is 14.2 Å². The van der Waals surface area contributed by atoms with Crippen molar-refractivity contribution in [3.63, 3.8) is 0 Å². The minimum atomic E-state index is 0.177. The monoisotopic (exact) mass is 450 g/mol. The zero-order valence-corrected chi connectivity index (χ0v) is 18.7. The molecule has 8 heteroatoms. The van der Waals surface area contributed by atoms with Crippen molar-refractivity contribution in [3.8, 4) is 5.75 Å². The fourth-order valence-electron chi connectivity index (χ4n) is 4.38. The number of hydrogen-bond acceptors (Lipinski definition) is 4. The number of carbonyl (C=O) groups is 1. The van der Waals surface area contributed by atoms with Crippen molar-refractivity contribution in [3.05, 3.63) is 39.9 Å². The van der Waals surface area contributed by atoms with Gasteiger partial charge in [0.1, 0.15) is 22.4 Å². The van der Waals surface area contributed by atoms with Gasteiger partial charge in [0, 0.05) is 38.4 Å². The van der Waals surface area contributed by atoms with Gasteiger partial charge in [-0.05, 0) is 44.2 Å². The molecule has 0 bridgehead atoms.